The molecule has 0 spiro atoms. The minimum atomic E-state index is -3.50. The Morgan fingerprint density at radius 2 is 1.47 bits per heavy atom. The van der Waals surface area contributed by atoms with Crippen LogP contribution in [0.5, 0.6) is 0 Å². The predicted octanol–water partition coefficient (Wildman–Crippen LogP) is 4.07. The van der Waals surface area contributed by atoms with Gasteiger partial charge in [0, 0.05) is 38.0 Å². The monoisotopic (exact) mass is 423 g/mol. The number of nitrogens with one attached hydrogen (secondary N) is 1. The summed E-state index contributed by atoms with van der Waals surface area (Å²) in [4.78, 5) is 14.8. The summed E-state index contributed by atoms with van der Waals surface area (Å²) in [6.07, 6.45) is 1.13. The highest BCUT2D eigenvalue weighted by molar-refractivity contribution is 7.92. The Kier molecular flexibility index (Phi) is 6.12. The molecule has 0 atom stereocenters. The average Bonchev–Trinajstić information content (AvgIpc) is 2.73. The van der Waals surface area contributed by atoms with Crippen molar-refractivity contribution in [3.8, 4) is 11.1 Å². The molecule has 0 fully saturated rings. The maximum absolute atomic E-state index is 12.8. The van der Waals surface area contributed by atoms with Gasteiger partial charge in [-0.2, -0.15) is 0 Å². The Hall–Kier alpha value is -3.32. The van der Waals surface area contributed by atoms with Crippen molar-refractivity contribution < 1.29 is 13.2 Å². The van der Waals surface area contributed by atoms with Gasteiger partial charge in [-0.05, 0) is 35.9 Å². The molecule has 7 heteroatoms. The topological polar surface area (TPSA) is 69.7 Å². The Bertz CT molecular complexity index is 1160. The number of hydrogen-bond acceptors (Lipinski definition) is 4. The Labute approximate surface area is 177 Å². The maximum atomic E-state index is 12.8. The SMILES string of the molecule is CN(C)c1ccccc1-c1ccc(N(C)S(C)(=O)=O)c(NC(=O)c2ccccc2)c1. The predicted molar refractivity (Wildman–Crippen MR) is 124 cm³/mol. The van der Waals surface area contributed by atoms with Crippen molar-refractivity contribution in [3.05, 3.63) is 78.4 Å². The summed E-state index contributed by atoms with van der Waals surface area (Å²) in [5, 5.41) is 2.88. The number of benzene rings is 3. The molecule has 30 heavy (non-hydrogen) atoms. The number of nitrogens with zero attached hydrogens (tertiary/aromatic N) is 2. The van der Waals surface area contributed by atoms with E-state index in [0.717, 1.165) is 27.4 Å². The first-order chi connectivity index (χ1) is 14.2. The Morgan fingerprint density at radius 1 is 0.833 bits per heavy atom. The minimum absolute atomic E-state index is 0.309. The van der Waals surface area contributed by atoms with Crippen molar-refractivity contribution in [2.75, 3.05) is 41.9 Å². The normalized spacial score (nSPS) is 11.1. The summed E-state index contributed by atoms with van der Waals surface area (Å²) in [6, 6.07) is 22.1. The lowest BCUT2D eigenvalue weighted by Gasteiger charge is -2.23. The van der Waals surface area contributed by atoms with Gasteiger partial charge in [-0.15, -0.1) is 0 Å². The molecule has 0 aliphatic heterocycles. The van der Waals surface area contributed by atoms with Gasteiger partial charge < -0.3 is 10.2 Å². The smallest absolute Gasteiger partial charge is 0.255 e. The van der Waals surface area contributed by atoms with E-state index < -0.39 is 10.0 Å². The summed E-state index contributed by atoms with van der Waals surface area (Å²) >= 11 is 0. The average molecular weight is 424 g/mol. The van der Waals surface area contributed by atoms with Crippen molar-refractivity contribution in [2.24, 2.45) is 0 Å². The highest BCUT2D eigenvalue weighted by Gasteiger charge is 2.19. The van der Waals surface area contributed by atoms with Gasteiger partial charge in [-0.25, -0.2) is 8.42 Å². The molecule has 0 unspecified atom stereocenters. The van der Waals surface area contributed by atoms with Gasteiger partial charge >= 0.3 is 0 Å². The van der Waals surface area contributed by atoms with Gasteiger partial charge in [-0.3, -0.25) is 9.10 Å². The van der Waals surface area contributed by atoms with E-state index in [0.29, 0.717) is 16.9 Å². The first-order valence-electron chi connectivity index (χ1n) is 9.39. The van der Waals surface area contributed by atoms with Gasteiger partial charge in [0.2, 0.25) is 10.0 Å². The van der Waals surface area contributed by atoms with Crippen LogP contribution in [0.1, 0.15) is 10.4 Å². The summed E-state index contributed by atoms with van der Waals surface area (Å²) in [6.45, 7) is 0. The third-order valence-electron chi connectivity index (χ3n) is 4.81. The fourth-order valence-electron chi connectivity index (χ4n) is 3.15. The summed E-state index contributed by atoms with van der Waals surface area (Å²) < 4.78 is 25.5. The van der Waals surface area contributed by atoms with Gasteiger partial charge in [-0.1, -0.05) is 42.5 Å². The van der Waals surface area contributed by atoms with Gasteiger partial charge in [0.05, 0.1) is 17.6 Å². The van der Waals surface area contributed by atoms with Crippen LogP contribution in [0.25, 0.3) is 11.1 Å². The van der Waals surface area contributed by atoms with Crippen molar-refractivity contribution in [1.29, 1.82) is 0 Å². The van der Waals surface area contributed by atoms with E-state index in [1.165, 1.54) is 7.05 Å². The van der Waals surface area contributed by atoms with Crippen LogP contribution in [-0.2, 0) is 10.0 Å². The zero-order valence-corrected chi connectivity index (χ0v) is 18.3. The van der Waals surface area contributed by atoms with E-state index >= 15 is 0 Å². The standard InChI is InChI=1S/C23H25N3O3S/c1-25(2)21-13-9-8-12-19(21)18-14-15-22(26(3)30(4,28)29)20(16-18)24-23(27)17-10-6-5-7-11-17/h5-16H,1-4H3,(H,24,27). The van der Waals surface area contributed by atoms with E-state index in [1.807, 2.05) is 55.4 Å². The van der Waals surface area contributed by atoms with Gasteiger partial charge in [0.1, 0.15) is 0 Å². The Balaban J connectivity index is 2.11. The number of hydrogen-bond donors (Lipinski definition) is 1. The quantitative estimate of drug-likeness (QED) is 0.649. The number of carbonyl (C=O) groups excluding carboxylic acids is 1. The molecule has 3 aromatic carbocycles. The van der Waals surface area contributed by atoms with Crippen molar-refractivity contribution in [1.82, 2.24) is 0 Å². The third kappa shape index (κ3) is 4.63. The maximum Gasteiger partial charge on any atom is 0.255 e. The molecule has 156 valence electrons. The number of para-hydroxylation sites is 1. The fraction of sp³-hybridized carbons (Fsp3) is 0.174. The van der Waals surface area contributed by atoms with Gasteiger partial charge in [0.15, 0.2) is 0 Å². The highest BCUT2D eigenvalue weighted by Crippen LogP contribution is 2.36. The molecule has 0 bridgehead atoms. The van der Waals surface area contributed by atoms with E-state index in [1.54, 1.807) is 36.4 Å². The number of carbonyl (C=O) groups is 1. The van der Waals surface area contributed by atoms with E-state index in [4.69, 9.17) is 0 Å². The molecule has 1 N–H and O–H groups in total. The molecule has 6 nitrogen and oxygen atoms in total. The fourth-order valence-corrected chi connectivity index (χ4v) is 3.67. The zero-order chi connectivity index (χ0) is 21.9. The second-order valence-electron chi connectivity index (χ2n) is 7.19. The van der Waals surface area contributed by atoms with Crippen LogP contribution >= 0.6 is 0 Å². The van der Waals surface area contributed by atoms with E-state index in [2.05, 4.69) is 5.32 Å². The lowest BCUT2D eigenvalue weighted by Crippen LogP contribution is -2.26. The summed E-state index contributed by atoms with van der Waals surface area (Å²) in [5.74, 6) is -0.309. The van der Waals surface area contributed by atoms with Crippen LogP contribution in [0.15, 0.2) is 72.8 Å². The molecule has 3 rings (SSSR count). The van der Waals surface area contributed by atoms with Crippen LogP contribution in [-0.4, -0.2) is 41.7 Å². The number of sulfonamides is 1. The molecule has 0 aromatic heterocycles. The van der Waals surface area contributed by atoms with Crippen LogP contribution in [0.2, 0.25) is 0 Å². The van der Waals surface area contributed by atoms with Crippen molar-refractivity contribution in [3.63, 3.8) is 0 Å². The lowest BCUT2D eigenvalue weighted by atomic mass is 10.0. The van der Waals surface area contributed by atoms with Crippen LogP contribution in [0.4, 0.5) is 17.1 Å². The first kappa shape index (κ1) is 21.4. The van der Waals surface area contributed by atoms with Crippen molar-refractivity contribution >= 4 is 33.0 Å². The number of anilines is 3. The number of amides is 1. The van der Waals surface area contributed by atoms with E-state index in [9.17, 15) is 13.2 Å². The lowest BCUT2D eigenvalue weighted by molar-refractivity contribution is 0.102. The van der Waals surface area contributed by atoms with Crippen LogP contribution in [0, 0.1) is 0 Å². The molecule has 1 amide bonds. The molecule has 0 saturated carbocycles. The summed E-state index contributed by atoms with van der Waals surface area (Å²) in [5.41, 5.74) is 4.17. The zero-order valence-electron chi connectivity index (χ0n) is 17.5. The number of rotatable bonds is 6. The van der Waals surface area contributed by atoms with Crippen LogP contribution in [0.3, 0.4) is 0 Å². The van der Waals surface area contributed by atoms with E-state index in [-0.39, 0.29) is 5.91 Å². The van der Waals surface area contributed by atoms with Gasteiger partial charge in [0.25, 0.3) is 5.91 Å². The molecular weight excluding hydrogens is 398 g/mol. The highest BCUT2D eigenvalue weighted by atomic mass is 32.2. The largest absolute Gasteiger partial charge is 0.377 e. The Morgan fingerprint density at radius 3 is 2.10 bits per heavy atom. The third-order valence-corrected chi connectivity index (χ3v) is 6.01. The molecule has 0 saturated heterocycles. The first-order valence-corrected chi connectivity index (χ1v) is 11.2. The van der Waals surface area contributed by atoms with Crippen LogP contribution < -0.4 is 14.5 Å². The molecule has 0 aliphatic carbocycles. The second-order valence-corrected chi connectivity index (χ2v) is 9.21. The van der Waals surface area contributed by atoms with Crippen molar-refractivity contribution in [2.45, 2.75) is 0 Å². The second kappa shape index (κ2) is 8.59. The molecule has 3 aromatic rings. The molecule has 0 radical (unpaired) electrons. The summed E-state index contributed by atoms with van der Waals surface area (Å²) in [7, 11) is 1.89. The molecular formula is C23H25N3O3S. The molecule has 0 aliphatic rings. The minimum Gasteiger partial charge on any atom is -0.377 e. The molecule has 0 heterocycles.